The molecule has 13 nitrogen and oxygen atoms in total. The average Bonchev–Trinajstić information content (AvgIpc) is 3.61. The lowest BCUT2D eigenvalue weighted by Crippen LogP contribution is -2.45. The number of unbranched alkanes of at least 4 members (excludes halogenated alkanes) is 14. The molecule has 1 aliphatic rings. The van der Waals surface area contributed by atoms with Crippen molar-refractivity contribution >= 4 is 29.4 Å². The summed E-state index contributed by atoms with van der Waals surface area (Å²) in [6, 6.07) is -0.927. The van der Waals surface area contributed by atoms with Crippen LogP contribution in [0.3, 0.4) is 0 Å². The molecule has 45 heavy (non-hydrogen) atoms. The second kappa shape index (κ2) is 23.5. The molecule has 7 N–H and O–H groups in total. The Morgan fingerprint density at radius 2 is 1.49 bits per heavy atom. The summed E-state index contributed by atoms with van der Waals surface area (Å²) >= 11 is 1.22. The van der Waals surface area contributed by atoms with Gasteiger partial charge in [0.25, 0.3) is 0 Å². The van der Waals surface area contributed by atoms with Crippen molar-refractivity contribution in [1.82, 2.24) is 20.3 Å². The molecule has 1 aromatic rings. The van der Waals surface area contributed by atoms with E-state index in [1.807, 2.05) is 0 Å². The first kappa shape index (κ1) is 39.4. The number of hydrogen-bond acceptors (Lipinski definition) is 11. The number of nitrogens with zero attached hydrogens (tertiary/aromatic N) is 3. The van der Waals surface area contributed by atoms with Crippen molar-refractivity contribution in [3.05, 3.63) is 6.20 Å². The van der Waals surface area contributed by atoms with Gasteiger partial charge in [0.2, 0.25) is 11.8 Å². The van der Waals surface area contributed by atoms with Crippen LogP contribution in [0, 0.1) is 0 Å². The highest BCUT2D eigenvalue weighted by Gasteiger charge is 2.44. The quantitative estimate of drug-likeness (QED) is 0.0722. The van der Waals surface area contributed by atoms with Gasteiger partial charge in [-0.15, -0.1) is 5.10 Å². The molecule has 260 valence electrons. The monoisotopic (exact) mass is 659 g/mol. The maximum atomic E-state index is 13.1. The van der Waals surface area contributed by atoms with E-state index in [2.05, 4.69) is 27.9 Å². The SMILES string of the molecule is CCCCCCCCCCCCCCCCCC(=O)NC(CSCC(O)CO)C(=O)Nc1cn([C@H]2OC(CO)[C@@H](O)[C@H]2O)nn1. The first-order valence-electron chi connectivity index (χ1n) is 16.8. The zero-order chi connectivity index (χ0) is 32.9. The Kier molecular flexibility index (Phi) is 20.6. The van der Waals surface area contributed by atoms with Gasteiger partial charge in [-0.3, -0.25) is 9.59 Å². The highest BCUT2D eigenvalue weighted by molar-refractivity contribution is 7.99. The van der Waals surface area contributed by atoms with Crippen molar-refractivity contribution in [3.8, 4) is 0 Å². The fourth-order valence-corrected chi connectivity index (χ4v) is 6.24. The maximum absolute atomic E-state index is 13.1. The van der Waals surface area contributed by atoms with Crippen LogP contribution in [0.15, 0.2) is 6.20 Å². The van der Waals surface area contributed by atoms with Gasteiger partial charge >= 0.3 is 0 Å². The molecule has 14 heteroatoms. The van der Waals surface area contributed by atoms with Crippen LogP contribution >= 0.6 is 11.8 Å². The summed E-state index contributed by atoms with van der Waals surface area (Å²) in [4.78, 5) is 25.8. The number of aromatic nitrogens is 3. The topological polar surface area (TPSA) is 199 Å². The van der Waals surface area contributed by atoms with Gasteiger partial charge in [0.05, 0.1) is 25.5 Å². The van der Waals surface area contributed by atoms with Gasteiger partial charge in [-0.2, -0.15) is 11.8 Å². The second-order valence-electron chi connectivity index (χ2n) is 12.0. The van der Waals surface area contributed by atoms with Gasteiger partial charge in [0.1, 0.15) is 24.4 Å². The van der Waals surface area contributed by atoms with Crippen LogP contribution in [-0.4, -0.2) is 108 Å². The van der Waals surface area contributed by atoms with E-state index in [1.165, 1.54) is 88.6 Å². The predicted octanol–water partition coefficient (Wildman–Crippen LogP) is 2.66. The Morgan fingerprint density at radius 1 is 0.911 bits per heavy atom. The first-order valence-corrected chi connectivity index (χ1v) is 18.0. The minimum atomic E-state index is -1.35. The molecule has 1 aliphatic heterocycles. The molecule has 2 rings (SSSR count). The van der Waals surface area contributed by atoms with E-state index in [4.69, 9.17) is 9.84 Å². The molecule has 0 spiro atoms. The number of anilines is 1. The number of ether oxygens (including phenoxy) is 1. The van der Waals surface area contributed by atoms with Crippen molar-refractivity contribution in [2.24, 2.45) is 0 Å². The third kappa shape index (κ3) is 15.6. The van der Waals surface area contributed by atoms with E-state index < -0.39 is 55.8 Å². The number of thioether (sulfide) groups is 1. The smallest absolute Gasteiger partial charge is 0.249 e. The number of aliphatic hydroxyl groups excluding tert-OH is 5. The minimum Gasteiger partial charge on any atom is -0.394 e. The van der Waals surface area contributed by atoms with E-state index in [1.54, 1.807) is 0 Å². The van der Waals surface area contributed by atoms with E-state index in [0.29, 0.717) is 6.42 Å². The molecule has 0 saturated carbocycles. The zero-order valence-corrected chi connectivity index (χ0v) is 27.7. The van der Waals surface area contributed by atoms with Crippen LogP contribution in [-0.2, 0) is 14.3 Å². The average molecular weight is 660 g/mol. The number of hydrogen-bond donors (Lipinski definition) is 7. The summed E-state index contributed by atoms with van der Waals surface area (Å²) in [6.07, 6.45) is 14.4. The fourth-order valence-electron chi connectivity index (χ4n) is 5.25. The standard InChI is InChI=1S/C31H57N5O8S/c1-2-3-4-5-6-7-8-9-10-11-12-13-14-15-16-17-27(40)32-24(22-45-21-23(39)19-37)30(43)33-26-18-36(35-34-26)31-29(42)28(41)25(20-38)44-31/h18,23-25,28-29,31,37-39,41-42H,2-17,19-22H2,1H3,(H,32,40)(H,33,43)/t23?,24?,25?,28-,29-,31+/m1/s1. The van der Waals surface area contributed by atoms with E-state index in [-0.39, 0.29) is 23.2 Å². The molecule has 0 aliphatic carbocycles. The molecule has 0 bridgehead atoms. The van der Waals surface area contributed by atoms with Crippen molar-refractivity contribution in [3.63, 3.8) is 0 Å². The largest absolute Gasteiger partial charge is 0.394 e. The Balaban J connectivity index is 1.69. The van der Waals surface area contributed by atoms with E-state index in [0.717, 1.165) is 30.4 Å². The van der Waals surface area contributed by atoms with Gasteiger partial charge in [-0.25, -0.2) is 4.68 Å². The molecule has 0 radical (unpaired) electrons. The number of amides is 2. The van der Waals surface area contributed by atoms with Crippen LogP contribution in [0.1, 0.15) is 116 Å². The number of carbonyl (C=O) groups excluding carboxylic acids is 2. The number of nitrogens with one attached hydrogen (secondary N) is 2. The molecular formula is C31H57N5O8S. The van der Waals surface area contributed by atoms with Crippen LogP contribution in [0.2, 0.25) is 0 Å². The number of aliphatic hydroxyl groups is 5. The number of carbonyl (C=O) groups is 2. The molecule has 2 heterocycles. The third-order valence-corrected chi connectivity index (χ3v) is 9.19. The molecule has 1 fully saturated rings. The van der Waals surface area contributed by atoms with Gasteiger partial charge < -0.3 is 40.9 Å². The first-order chi connectivity index (χ1) is 21.8. The molecule has 0 aromatic carbocycles. The summed E-state index contributed by atoms with van der Waals surface area (Å²) in [6.45, 7) is 1.35. The van der Waals surface area contributed by atoms with Crippen molar-refractivity contribution in [1.29, 1.82) is 0 Å². The van der Waals surface area contributed by atoms with Crippen LogP contribution in [0.25, 0.3) is 0 Å². The van der Waals surface area contributed by atoms with Crippen molar-refractivity contribution < 1.29 is 39.9 Å². The van der Waals surface area contributed by atoms with Gasteiger partial charge in [0.15, 0.2) is 12.0 Å². The van der Waals surface area contributed by atoms with E-state index in [9.17, 15) is 30.0 Å². The molecule has 6 atom stereocenters. The van der Waals surface area contributed by atoms with E-state index >= 15 is 0 Å². The van der Waals surface area contributed by atoms with Crippen molar-refractivity contribution in [2.75, 3.05) is 30.0 Å². The summed E-state index contributed by atoms with van der Waals surface area (Å²) in [5.41, 5.74) is 0. The highest BCUT2D eigenvalue weighted by Crippen LogP contribution is 2.29. The fraction of sp³-hybridized carbons (Fsp3) is 0.871. The summed E-state index contributed by atoms with van der Waals surface area (Å²) in [5.74, 6) is -0.394. The molecular weight excluding hydrogens is 602 g/mol. The minimum absolute atomic E-state index is 0.0415. The lowest BCUT2D eigenvalue weighted by molar-refractivity contribution is -0.126. The molecule has 2 amide bonds. The highest BCUT2D eigenvalue weighted by atomic mass is 32.2. The Labute approximate surface area is 271 Å². The Hall–Kier alpha value is -1.81. The van der Waals surface area contributed by atoms with Crippen molar-refractivity contribution in [2.45, 2.75) is 146 Å². The Morgan fingerprint density at radius 3 is 2.02 bits per heavy atom. The van der Waals surface area contributed by atoms with Crippen LogP contribution in [0.4, 0.5) is 5.82 Å². The second-order valence-corrected chi connectivity index (χ2v) is 13.1. The third-order valence-electron chi connectivity index (χ3n) is 8.00. The molecule has 1 saturated heterocycles. The number of rotatable bonds is 26. The van der Waals surface area contributed by atoms with Gasteiger partial charge in [0, 0.05) is 17.9 Å². The predicted molar refractivity (Wildman–Crippen MR) is 174 cm³/mol. The summed E-state index contributed by atoms with van der Waals surface area (Å²) < 4.78 is 6.56. The molecule has 3 unspecified atom stereocenters. The van der Waals surface area contributed by atoms with Gasteiger partial charge in [-0.05, 0) is 6.42 Å². The summed E-state index contributed by atoms with van der Waals surface area (Å²) in [5, 5.41) is 61.3. The lowest BCUT2D eigenvalue weighted by Gasteiger charge is -2.18. The van der Waals surface area contributed by atoms with Crippen LogP contribution < -0.4 is 10.6 Å². The normalized spacial score (nSPS) is 21.1. The zero-order valence-electron chi connectivity index (χ0n) is 26.9. The van der Waals surface area contributed by atoms with Gasteiger partial charge in [-0.1, -0.05) is 102 Å². The van der Waals surface area contributed by atoms with Crippen LogP contribution in [0.5, 0.6) is 0 Å². The Bertz CT molecular complexity index is 942. The maximum Gasteiger partial charge on any atom is 0.249 e. The lowest BCUT2D eigenvalue weighted by atomic mass is 10.0. The molecule has 1 aromatic heterocycles. The summed E-state index contributed by atoms with van der Waals surface area (Å²) in [7, 11) is 0.